The maximum atomic E-state index is 11.9. The third kappa shape index (κ3) is 4.83. The van der Waals surface area contributed by atoms with Crippen molar-refractivity contribution in [2.24, 2.45) is 7.05 Å². The van der Waals surface area contributed by atoms with Gasteiger partial charge < -0.3 is 4.74 Å². The Kier molecular flexibility index (Phi) is 5.98. The van der Waals surface area contributed by atoms with Crippen LogP contribution in [0.5, 0.6) is 0 Å². The van der Waals surface area contributed by atoms with Crippen molar-refractivity contribution in [1.29, 1.82) is 0 Å². The summed E-state index contributed by atoms with van der Waals surface area (Å²) in [5.74, 6) is -0.320. The van der Waals surface area contributed by atoms with E-state index in [1.54, 1.807) is 11.7 Å². The highest BCUT2D eigenvalue weighted by Gasteiger charge is 2.18. The minimum absolute atomic E-state index is 0.0266. The number of carbonyl (C=O) groups excluding carboxylic acids is 1. The van der Waals surface area contributed by atoms with Crippen molar-refractivity contribution in [3.63, 3.8) is 0 Å². The van der Waals surface area contributed by atoms with E-state index in [4.69, 9.17) is 4.74 Å². The second kappa shape index (κ2) is 7.97. The van der Waals surface area contributed by atoms with Crippen molar-refractivity contribution in [1.82, 2.24) is 34.7 Å². The number of nitrogens with zero attached hydrogens (tertiary/aromatic N) is 6. The number of hydrogen-bond donors (Lipinski definition) is 1. The minimum atomic E-state index is -3.81. The van der Waals surface area contributed by atoms with Gasteiger partial charge in [0.15, 0.2) is 12.4 Å². The molecule has 0 atom stereocenters. The zero-order valence-electron chi connectivity index (χ0n) is 13.4. The van der Waals surface area contributed by atoms with E-state index in [1.165, 1.54) is 17.1 Å². The molecule has 0 unspecified atom stereocenters. The normalized spacial score (nSPS) is 11.6. The number of nitrogens with one attached hydrogen (secondary N) is 1. The van der Waals surface area contributed by atoms with Crippen LogP contribution >= 0.6 is 0 Å². The number of aromatic nitrogens is 6. The van der Waals surface area contributed by atoms with Gasteiger partial charge in [-0.3, -0.25) is 9.48 Å². The van der Waals surface area contributed by atoms with Crippen molar-refractivity contribution < 1.29 is 17.9 Å². The third-order valence-corrected chi connectivity index (χ3v) is 4.45. The van der Waals surface area contributed by atoms with Crippen LogP contribution < -0.4 is 4.72 Å². The maximum Gasteiger partial charge on any atom is 0.321 e. The molecule has 0 aliphatic carbocycles. The summed E-state index contributed by atoms with van der Waals surface area (Å²) in [4.78, 5) is 11.7. The van der Waals surface area contributed by atoms with E-state index in [-0.39, 0.29) is 11.5 Å². The van der Waals surface area contributed by atoms with Gasteiger partial charge in [0, 0.05) is 19.8 Å². The van der Waals surface area contributed by atoms with Crippen LogP contribution in [-0.2, 0) is 39.8 Å². The SMILES string of the molecule is CCCCn1nnnc1COC(=O)CNS(=O)(=O)c1cnn(C)c1. The molecule has 2 aromatic rings. The molecular weight excluding hydrogens is 338 g/mol. The van der Waals surface area contributed by atoms with E-state index < -0.39 is 22.5 Å². The Bertz CT molecular complexity index is 783. The van der Waals surface area contributed by atoms with Gasteiger partial charge in [-0.05, 0) is 16.8 Å². The number of aryl methyl sites for hydroxylation is 2. The fourth-order valence-corrected chi connectivity index (χ4v) is 2.73. The quantitative estimate of drug-likeness (QED) is 0.578. The van der Waals surface area contributed by atoms with Crippen molar-refractivity contribution >= 4 is 16.0 Å². The summed E-state index contributed by atoms with van der Waals surface area (Å²) in [5.41, 5.74) is 0. The Morgan fingerprint density at radius 2 is 2.21 bits per heavy atom. The second-order valence-corrected chi connectivity index (χ2v) is 6.77. The van der Waals surface area contributed by atoms with Crippen LogP contribution in [0.25, 0.3) is 0 Å². The lowest BCUT2D eigenvalue weighted by molar-refractivity contribution is -0.143. The van der Waals surface area contributed by atoms with Crippen LogP contribution in [0.4, 0.5) is 0 Å². The van der Waals surface area contributed by atoms with E-state index in [0.29, 0.717) is 12.4 Å². The molecule has 2 rings (SSSR count). The van der Waals surface area contributed by atoms with Crippen molar-refractivity contribution in [2.75, 3.05) is 6.54 Å². The molecule has 0 aliphatic heterocycles. The molecule has 12 heteroatoms. The molecule has 24 heavy (non-hydrogen) atoms. The second-order valence-electron chi connectivity index (χ2n) is 5.01. The molecule has 2 heterocycles. The lowest BCUT2D eigenvalue weighted by atomic mass is 10.3. The average Bonchev–Trinajstić information content (AvgIpc) is 3.18. The highest BCUT2D eigenvalue weighted by Crippen LogP contribution is 2.05. The summed E-state index contributed by atoms with van der Waals surface area (Å²) in [6.45, 7) is 2.06. The van der Waals surface area contributed by atoms with Gasteiger partial charge >= 0.3 is 5.97 Å². The van der Waals surface area contributed by atoms with Gasteiger partial charge in [-0.25, -0.2) is 13.1 Å². The Morgan fingerprint density at radius 3 is 2.88 bits per heavy atom. The van der Waals surface area contributed by atoms with Gasteiger partial charge in [-0.1, -0.05) is 13.3 Å². The van der Waals surface area contributed by atoms with Gasteiger partial charge in [0.05, 0.1) is 6.20 Å². The van der Waals surface area contributed by atoms with Crippen LogP contribution in [0.15, 0.2) is 17.3 Å². The fraction of sp³-hybridized carbons (Fsp3) is 0.583. The Hall–Kier alpha value is -2.34. The predicted molar refractivity (Wildman–Crippen MR) is 80.9 cm³/mol. The average molecular weight is 357 g/mol. The van der Waals surface area contributed by atoms with Crippen LogP contribution in [0.3, 0.4) is 0 Å². The largest absolute Gasteiger partial charge is 0.456 e. The number of carbonyl (C=O) groups is 1. The number of unbranched alkanes of at least 4 members (excludes halogenated alkanes) is 1. The topological polar surface area (TPSA) is 134 Å². The first-order valence-electron chi connectivity index (χ1n) is 7.31. The molecule has 132 valence electrons. The van der Waals surface area contributed by atoms with Gasteiger partial charge in [-0.15, -0.1) is 5.10 Å². The smallest absolute Gasteiger partial charge is 0.321 e. The molecule has 1 N–H and O–H groups in total. The zero-order chi connectivity index (χ0) is 17.6. The van der Waals surface area contributed by atoms with E-state index >= 15 is 0 Å². The molecular formula is C12H19N7O4S. The summed E-state index contributed by atoms with van der Waals surface area (Å²) >= 11 is 0. The molecule has 0 fully saturated rings. The van der Waals surface area contributed by atoms with Crippen molar-refractivity contribution in [3.8, 4) is 0 Å². The van der Waals surface area contributed by atoms with E-state index in [1.807, 2.05) is 6.92 Å². The molecule has 2 aromatic heterocycles. The Labute approximate surface area is 139 Å². The van der Waals surface area contributed by atoms with Crippen LogP contribution in [0.1, 0.15) is 25.6 Å². The number of ether oxygens (including phenoxy) is 1. The van der Waals surface area contributed by atoms with Gasteiger partial charge in [0.1, 0.15) is 11.4 Å². The highest BCUT2D eigenvalue weighted by atomic mass is 32.2. The van der Waals surface area contributed by atoms with Gasteiger partial charge in [0.2, 0.25) is 10.0 Å². The first-order valence-corrected chi connectivity index (χ1v) is 8.79. The number of hydrogen-bond acceptors (Lipinski definition) is 8. The molecule has 0 aromatic carbocycles. The molecule has 11 nitrogen and oxygen atoms in total. The molecule has 0 amide bonds. The van der Waals surface area contributed by atoms with Crippen molar-refractivity contribution in [3.05, 3.63) is 18.2 Å². The van der Waals surface area contributed by atoms with E-state index in [9.17, 15) is 13.2 Å². The molecule has 0 radical (unpaired) electrons. The zero-order valence-corrected chi connectivity index (χ0v) is 14.2. The van der Waals surface area contributed by atoms with Crippen LogP contribution in [0, 0.1) is 0 Å². The molecule has 0 saturated heterocycles. The minimum Gasteiger partial charge on any atom is -0.456 e. The highest BCUT2D eigenvalue weighted by molar-refractivity contribution is 7.89. The first-order chi connectivity index (χ1) is 11.4. The third-order valence-electron chi connectivity index (χ3n) is 3.09. The summed E-state index contributed by atoms with van der Waals surface area (Å²) in [7, 11) is -2.21. The van der Waals surface area contributed by atoms with Gasteiger partial charge in [0.25, 0.3) is 0 Å². The van der Waals surface area contributed by atoms with Gasteiger partial charge in [-0.2, -0.15) is 9.82 Å². The summed E-state index contributed by atoms with van der Waals surface area (Å²) in [6, 6.07) is 0. The standard InChI is InChI=1S/C12H19N7O4S/c1-3-4-5-19-11(15-16-17-19)9-23-12(20)7-14-24(21,22)10-6-13-18(2)8-10/h6,8,14H,3-5,7,9H2,1-2H3. The lowest BCUT2D eigenvalue weighted by Crippen LogP contribution is -2.30. The number of tetrazole rings is 1. The Balaban J connectivity index is 1.83. The molecule has 0 bridgehead atoms. The summed E-state index contributed by atoms with van der Waals surface area (Å²) in [6.07, 6.45) is 4.40. The molecule has 0 aliphatic rings. The molecule has 0 spiro atoms. The number of sulfonamides is 1. The van der Waals surface area contributed by atoms with Crippen molar-refractivity contribution in [2.45, 2.75) is 37.8 Å². The fourth-order valence-electron chi connectivity index (χ4n) is 1.78. The van der Waals surface area contributed by atoms with E-state index in [2.05, 4.69) is 25.3 Å². The van der Waals surface area contributed by atoms with E-state index in [0.717, 1.165) is 12.8 Å². The maximum absolute atomic E-state index is 11.9. The van der Waals surface area contributed by atoms with Crippen LogP contribution in [0.2, 0.25) is 0 Å². The Morgan fingerprint density at radius 1 is 1.42 bits per heavy atom. The van der Waals surface area contributed by atoms with Crippen LogP contribution in [-0.4, -0.2) is 50.9 Å². The summed E-state index contributed by atoms with van der Waals surface area (Å²) in [5, 5.41) is 14.9. The number of rotatable bonds is 9. The number of esters is 1. The lowest BCUT2D eigenvalue weighted by Gasteiger charge is -2.06. The predicted octanol–water partition coefficient (Wildman–Crippen LogP) is -0.772. The molecule has 0 saturated carbocycles. The monoisotopic (exact) mass is 357 g/mol. The summed E-state index contributed by atoms with van der Waals surface area (Å²) < 4.78 is 33.9. The first kappa shape index (κ1) is 18.0.